The standard InChI is InChI=1S/C23H19ClN4O3S/c24-19-8-7-18(32-19)21(29)26-17-6-2-4-15-13-27(22(30)20(15)17)12-14-3-1-5-16(11-14)28-9-10-31-23(28)25/h1-8,11,13,25,30H,9-10,12H2,(H,26,29). The third-order valence-electron chi connectivity index (χ3n) is 5.31. The molecule has 1 saturated heterocycles. The Hall–Kier alpha value is -3.49. The zero-order valence-corrected chi connectivity index (χ0v) is 18.4. The van der Waals surface area contributed by atoms with E-state index in [1.165, 1.54) is 11.3 Å². The van der Waals surface area contributed by atoms with Crippen LogP contribution < -0.4 is 10.2 Å². The predicted molar refractivity (Wildman–Crippen MR) is 127 cm³/mol. The molecule has 0 radical (unpaired) electrons. The number of rotatable bonds is 5. The summed E-state index contributed by atoms with van der Waals surface area (Å²) in [5.41, 5.74) is 2.38. The molecule has 1 fully saturated rings. The fourth-order valence-electron chi connectivity index (χ4n) is 3.82. The fraction of sp³-hybridized carbons (Fsp3) is 0.130. The highest BCUT2D eigenvalue weighted by Crippen LogP contribution is 2.35. The summed E-state index contributed by atoms with van der Waals surface area (Å²) in [7, 11) is 0. The lowest BCUT2D eigenvalue weighted by Crippen LogP contribution is -2.24. The first-order valence-corrected chi connectivity index (χ1v) is 11.1. The minimum Gasteiger partial charge on any atom is -0.494 e. The van der Waals surface area contributed by atoms with E-state index >= 15 is 0 Å². The van der Waals surface area contributed by atoms with Crippen LogP contribution in [0.1, 0.15) is 15.2 Å². The summed E-state index contributed by atoms with van der Waals surface area (Å²) in [5, 5.41) is 23.1. The molecule has 3 N–H and O–H groups in total. The summed E-state index contributed by atoms with van der Waals surface area (Å²) < 4.78 is 7.52. The van der Waals surface area contributed by atoms with E-state index in [4.69, 9.17) is 21.7 Å². The molecule has 4 aromatic rings. The van der Waals surface area contributed by atoms with Gasteiger partial charge in [-0.15, -0.1) is 11.3 Å². The largest absolute Gasteiger partial charge is 0.494 e. The Balaban J connectivity index is 1.44. The van der Waals surface area contributed by atoms with Crippen LogP contribution in [-0.2, 0) is 11.3 Å². The monoisotopic (exact) mass is 466 g/mol. The van der Waals surface area contributed by atoms with Crippen molar-refractivity contribution in [3.8, 4) is 5.88 Å². The van der Waals surface area contributed by atoms with Crippen molar-refractivity contribution >= 4 is 57.0 Å². The molecule has 2 aromatic carbocycles. The molecule has 2 aromatic heterocycles. The molecule has 1 aliphatic rings. The van der Waals surface area contributed by atoms with Gasteiger partial charge in [0.2, 0.25) is 5.88 Å². The number of hydrogen-bond acceptors (Lipinski definition) is 5. The number of aromatic nitrogens is 1. The van der Waals surface area contributed by atoms with Gasteiger partial charge in [-0.25, -0.2) is 0 Å². The number of benzene rings is 2. The number of hydrogen-bond donors (Lipinski definition) is 3. The third-order valence-corrected chi connectivity index (χ3v) is 6.54. The van der Waals surface area contributed by atoms with Crippen LogP contribution in [0.25, 0.3) is 10.8 Å². The second kappa shape index (κ2) is 8.22. The van der Waals surface area contributed by atoms with Crippen LogP contribution in [0.4, 0.5) is 11.4 Å². The molecule has 7 nitrogen and oxygen atoms in total. The van der Waals surface area contributed by atoms with Gasteiger partial charge in [0.25, 0.3) is 11.9 Å². The van der Waals surface area contributed by atoms with E-state index in [1.807, 2.05) is 42.6 Å². The first-order valence-electron chi connectivity index (χ1n) is 9.95. The van der Waals surface area contributed by atoms with Crippen molar-refractivity contribution < 1.29 is 14.6 Å². The number of aromatic hydroxyl groups is 1. The lowest BCUT2D eigenvalue weighted by atomic mass is 10.2. The maximum absolute atomic E-state index is 12.6. The van der Waals surface area contributed by atoms with Crippen molar-refractivity contribution in [2.75, 3.05) is 23.4 Å². The summed E-state index contributed by atoms with van der Waals surface area (Å²) in [6, 6.07) is 16.8. The Bertz CT molecular complexity index is 1350. The van der Waals surface area contributed by atoms with Crippen molar-refractivity contribution in [3.05, 3.63) is 75.6 Å². The minimum absolute atomic E-state index is 0.0720. The van der Waals surface area contributed by atoms with Gasteiger partial charge in [-0.2, -0.15) is 0 Å². The molecule has 5 rings (SSSR count). The van der Waals surface area contributed by atoms with Gasteiger partial charge >= 0.3 is 0 Å². The van der Waals surface area contributed by atoms with Crippen LogP contribution in [0.15, 0.2) is 60.8 Å². The molecule has 0 spiro atoms. The van der Waals surface area contributed by atoms with Crippen molar-refractivity contribution in [2.24, 2.45) is 0 Å². The molecule has 0 unspecified atom stereocenters. The van der Waals surface area contributed by atoms with E-state index in [0.717, 1.165) is 16.6 Å². The van der Waals surface area contributed by atoms with Gasteiger partial charge in [0.05, 0.1) is 33.4 Å². The first kappa shape index (κ1) is 20.4. The van der Waals surface area contributed by atoms with Crippen LogP contribution in [0.3, 0.4) is 0 Å². The second-order valence-electron chi connectivity index (χ2n) is 7.38. The molecule has 9 heteroatoms. The highest BCUT2D eigenvalue weighted by molar-refractivity contribution is 7.18. The summed E-state index contributed by atoms with van der Waals surface area (Å²) in [6.07, 6.45) is 1.86. The quantitative estimate of drug-likeness (QED) is 0.380. The topological polar surface area (TPSA) is 90.6 Å². The number of amides is 1. The van der Waals surface area contributed by atoms with E-state index in [9.17, 15) is 9.90 Å². The van der Waals surface area contributed by atoms with Crippen LogP contribution >= 0.6 is 22.9 Å². The molecule has 0 atom stereocenters. The van der Waals surface area contributed by atoms with E-state index in [-0.39, 0.29) is 17.8 Å². The summed E-state index contributed by atoms with van der Waals surface area (Å²) in [4.78, 5) is 14.9. The molecular weight excluding hydrogens is 448 g/mol. The zero-order valence-electron chi connectivity index (χ0n) is 16.8. The summed E-state index contributed by atoms with van der Waals surface area (Å²) in [5.74, 6) is -0.202. The summed E-state index contributed by atoms with van der Waals surface area (Å²) >= 11 is 7.14. The molecular formula is C23H19ClN4O3S. The Labute approximate surface area is 192 Å². The molecule has 3 heterocycles. The highest BCUT2D eigenvalue weighted by Gasteiger charge is 2.21. The lowest BCUT2D eigenvalue weighted by Gasteiger charge is -2.16. The van der Waals surface area contributed by atoms with Crippen molar-refractivity contribution in [2.45, 2.75) is 6.54 Å². The van der Waals surface area contributed by atoms with Crippen LogP contribution in [0.2, 0.25) is 4.34 Å². The third kappa shape index (κ3) is 3.79. The van der Waals surface area contributed by atoms with Gasteiger partial charge in [-0.1, -0.05) is 35.9 Å². The smallest absolute Gasteiger partial charge is 0.289 e. The summed E-state index contributed by atoms with van der Waals surface area (Å²) in [6.45, 7) is 1.57. The highest BCUT2D eigenvalue weighted by atomic mass is 35.5. The number of carbonyl (C=O) groups is 1. The maximum Gasteiger partial charge on any atom is 0.289 e. The van der Waals surface area contributed by atoms with Crippen molar-refractivity contribution in [1.29, 1.82) is 5.41 Å². The number of nitrogens with zero attached hydrogens (tertiary/aromatic N) is 2. The SMILES string of the molecule is N=C1OCCN1c1cccc(Cn2cc3cccc(NC(=O)c4ccc(Cl)s4)c3c2O)c1. The van der Waals surface area contributed by atoms with Crippen LogP contribution in [0, 0.1) is 5.41 Å². The first-order chi connectivity index (χ1) is 15.5. The predicted octanol–water partition coefficient (Wildman–Crippen LogP) is 5.13. The molecule has 32 heavy (non-hydrogen) atoms. The minimum atomic E-state index is -0.274. The van der Waals surface area contributed by atoms with E-state index < -0.39 is 0 Å². The van der Waals surface area contributed by atoms with Crippen molar-refractivity contribution in [1.82, 2.24) is 4.57 Å². The van der Waals surface area contributed by atoms with Gasteiger partial charge in [-0.3, -0.25) is 15.1 Å². The number of ether oxygens (including phenoxy) is 1. The van der Waals surface area contributed by atoms with Gasteiger partial charge in [0.1, 0.15) is 6.61 Å². The average Bonchev–Trinajstić information content (AvgIpc) is 3.48. The fourth-order valence-corrected chi connectivity index (χ4v) is 4.76. The number of fused-ring (bicyclic) bond motifs is 1. The van der Waals surface area contributed by atoms with Gasteiger partial charge < -0.3 is 19.7 Å². The Morgan fingerprint density at radius 2 is 2.06 bits per heavy atom. The lowest BCUT2D eigenvalue weighted by molar-refractivity contribution is 0.103. The number of carbonyl (C=O) groups excluding carboxylic acids is 1. The molecule has 0 aliphatic carbocycles. The van der Waals surface area contributed by atoms with Crippen LogP contribution in [0.5, 0.6) is 5.88 Å². The van der Waals surface area contributed by atoms with E-state index in [1.54, 1.807) is 27.7 Å². The zero-order chi connectivity index (χ0) is 22.2. The average molecular weight is 467 g/mol. The Morgan fingerprint density at radius 1 is 1.22 bits per heavy atom. The normalized spacial score (nSPS) is 13.5. The van der Waals surface area contributed by atoms with E-state index in [0.29, 0.717) is 40.0 Å². The molecule has 162 valence electrons. The molecule has 1 amide bonds. The number of amidine groups is 1. The Kier molecular flexibility index (Phi) is 5.24. The van der Waals surface area contributed by atoms with E-state index in [2.05, 4.69) is 5.32 Å². The maximum atomic E-state index is 12.6. The van der Waals surface area contributed by atoms with Gasteiger partial charge in [0.15, 0.2) is 0 Å². The Morgan fingerprint density at radius 3 is 2.81 bits per heavy atom. The molecule has 0 saturated carbocycles. The number of thiophene rings is 1. The number of anilines is 2. The molecule has 0 bridgehead atoms. The molecule has 1 aliphatic heterocycles. The number of halogens is 1. The number of nitrogens with one attached hydrogen (secondary N) is 2. The van der Waals surface area contributed by atoms with Gasteiger partial charge in [-0.05, 0) is 35.9 Å². The van der Waals surface area contributed by atoms with Crippen molar-refractivity contribution in [3.63, 3.8) is 0 Å². The second-order valence-corrected chi connectivity index (χ2v) is 9.10. The van der Waals surface area contributed by atoms with Gasteiger partial charge in [0, 0.05) is 17.3 Å². The van der Waals surface area contributed by atoms with Crippen LogP contribution in [-0.4, -0.2) is 34.8 Å².